The minimum absolute atomic E-state index is 0.196. The second kappa shape index (κ2) is 11.1. The summed E-state index contributed by atoms with van der Waals surface area (Å²) >= 11 is 0. The van der Waals surface area contributed by atoms with Crippen LogP contribution in [0, 0.1) is 0 Å². The van der Waals surface area contributed by atoms with Crippen molar-refractivity contribution in [3.63, 3.8) is 0 Å². The Morgan fingerprint density at radius 2 is 1.31 bits per heavy atom. The summed E-state index contributed by atoms with van der Waals surface area (Å²) < 4.78 is 32.8. The molecule has 36 heavy (non-hydrogen) atoms. The van der Waals surface area contributed by atoms with E-state index in [2.05, 4.69) is 11.0 Å². The third-order valence-electron chi connectivity index (χ3n) is 6.46. The topological polar surface area (TPSA) is 48.0 Å². The monoisotopic (exact) mass is 499 g/mol. The average Bonchev–Trinajstić information content (AvgIpc) is 2.95. The van der Waals surface area contributed by atoms with Gasteiger partial charge in [-0.15, -0.1) is 0 Å². The van der Waals surface area contributed by atoms with E-state index in [0.29, 0.717) is 6.54 Å². The van der Waals surface area contributed by atoms with E-state index in [4.69, 9.17) is 13.8 Å². The minimum atomic E-state index is -3.70. The van der Waals surface area contributed by atoms with Crippen molar-refractivity contribution in [2.24, 2.45) is 0 Å². The second-order valence-electron chi connectivity index (χ2n) is 8.77. The van der Waals surface area contributed by atoms with Gasteiger partial charge in [-0.1, -0.05) is 84.9 Å². The second-order valence-corrected chi connectivity index (χ2v) is 10.9. The zero-order valence-electron chi connectivity index (χ0n) is 20.3. The Morgan fingerprint density at radius 1 is 0.750 bits per heavy atom. The fourth-order valence-electron chi connectivity index (χ4n) is 4.59. The van der Waals surface area contributed by atoms with Crippen LogP contribution in [-0.2, 0) is 33.2 Å². The van der Waals surface area contributed by atoms with Crippen molar-refractivity contribution in [3.05, 3.63) is 131 Å². The van der Waals surface area contributed by atoms with E-state index in [1.807, 2.05) is 103 Å². The van der Waals surface area contributed by atoms with Crippen LogP contribution < -0.4 is 9.64 Å². The highest BCUT2D eigenvalue weighted by atomic mass is 31.2. The van der Waals surface area contributed by atoms with Crippen molar-refractivity contribution < 1.29 is 18.3 Å². The highest BCUT2D eigenvalue weighted by Crippen LogP contribution is 2.65. The molecule has 1 heterocycles. The number of hydrogen-bond donors (Lipinski definition) is 0. The number of rotatable bonds is 9. The summed E-state index contributed by atoms with van der Waals surface area (Å²) in [5.41, 5.74) is 4.98. The zero-order valence-corrected chi connectivity index (χ0v) is 21.2. The van der Waals surface area contributed by atoms with Gasteiger partial charge in [0, 0.05) is 12.2 Å². The van der Waals surface area contributed by atoms with Crippen LogP contribution in [0.4, 0.5) is 5.69 Å². The first-order chi connectivity index (χ1) is 17.7. The van der Waals surface area contributed by atoms with Crippen LogP contribution in [0.3, 0.4) is 0 Å². The molecule has 4 aromatic rings. The van der Waals surface area contributed by atoms with Crippen molar-refractivity contribution in [2.45, 2.75) is 25.4 Å². The Labute approximate surface area is 212 Å². The van der Waals surface area contributed by atoms with Crippen LogP contribution in [0.5, 0.6) is 5.75 Å². The molecular weight excluding hydrogens is 469 g/mol. The van der Waals surface area contributed by atoms with E-state index in [-0.39, 0.29) is 13.2 Å². The highest BCUT2D eigenvalue weighted by Gasteiger charge is 2.44. The van der Waals surface area contributed by atoms with Crippen LogP contribution in [0.1, 0.15) is 28.0 Å². The van der Waals surface area contributed by atoms with Crippen LogP contribution >= 0.6 is 7.60 Å². The van der Waals surface area contributed by atoms with Crippen LogP contribution in [0.2, 0.25) is 0 Å². The minimum Gasteiger partial charge on any atom is -0.497 e. The predicted molar refractivity (Wildman–Crippen MR) is 143 cm³/mol. The molecule has 0 unspecified atom stereocenters. The van der Waals surface area contributed by atoms with E-state index in [9.17, 15) is 4.57 Å². The average molecular weight is 500 g/mol. The molecule has 1 aliphatic heterocycles. The third-order valence-corrected chi connectivity index (χ3v) is 8.60. The SMILES string of the molecule is COc1ccc(N2CCc3ccccc3[C@@H]2P(=O)(OCc2ccccc2)OCc2ccccc2)cc1. The van der Waals surface area contributed by atoms with E-state index in [1.165, 1.54) is 5.56 Å². The molecule has 0 saturated heterocycles. The number of benzene rings is 4. The molecule has 0 saturated carbocycles. The predicted octanol–water partition coefficient (Wildman–Crippen LogP) is 7.38. The summed E-state index contributed by atoms with van der Waals surface area (Å²) in [6.45, 7) is 1.09. The summed E-state index contributed by atoms with van der Waals surface area (Å²) in [6.07, 6.45) is 0.843. The van der Waals surface area contributed by atoms with Gasteiger partial charge in [-0.3, -0.25) is 4.57 Å². The molecule has 1 aliphatic rings. The molecular formula is C30H30NO4P. The van der Waals surface area contributed by atoms with Gasteiger partial charge in [0.25, 0.3) is 0 Å². The molecule has 184 valence electrons. The Balaban J connectivity index is 1.55. The number of anilines is 1. The molecule has 0 aliphatic carbocycles. The maximum atomic E-state index is 14.9. The molecule has 0 bridgehead atoms. The van der Waals surface area contributed by atoms with Crippen molar-refractivity contribution in [2.75, 3.05) is 18.6 Å². The Kier molecular flexibility index (Phi) is 7.52. The molecule has 4 aromatic carbocycles. The summed E-state index contributed by atoms with van der Waals surface area (Å²) in [6, 6.07) is 35.6. The number of fused-ring (bicyclic) bond motifs is 1. The van der Waals surface area contributed by atoms with Crippen LogP contribution in [0.25, 0.3) is 0 Å². The highest BCUT2D eigenvalue weighted by molar-refractivity contribution is 7.54. The van der Waals surface area contributed by atoms with Gasteiger partial charge in [-0.25, -0.2) is 0 Å². The lowest BCUT2D eigenvalue weighted by Gasteiger charge is -2.41. The fraction of sp³-hybridized carbons (Fsp3) is 0.200. The van der Waals surface area contributed by atoms with Crippen molar-refractivity contribution in [1.82, 2.24) is 0 Å². The molecule has 6 heteroatoms. The van der Waals surface area contributed by atoms with E-state index in [0.717, 1.165) is 34.5 Å². The lowest BCUT2D eigenvalue weighted by atomic mass is 9.99. The van der Waals surface area contributed by atoms with Crippen molar-refractivity contribution in [3.8, 4) is 5.75 Å². The summed E-state index contributed by atoms with van der Waals surface area (Å²) in [5, 5.41) is 0. The molecule has 5 rings (SSSR count). The van der Waals surface area contributed by atoms with Gasteiger partial charge in [-0.2, -0.15) is 0 Å². The van der Waals surface area contributed by atoms with E-state index < -0.39 is 13.4 Å². The molecule has 5 nitrogen and oxygen atoms in total. The first-order valence-corrected chi connectivity index (χ1v) is 13.7. The zero-order chi connectivity index (χ0) is 24.8. The Morgan fingerprint density at radius 3 is 1.89 bits per heavy atom. The van der Waals surface area contributed by atoms with Gasteiger partial charge in [0.2, 0.25) is 0 Å². The molecule has 1 atom stereocenters. The Hall–Kier alpha value is -3.37. The lowest BCUT2D eigenvalue weighted by Crippen LogP contribution is -2.36. The number of methoxy groups -OCH3 is 1. The van der Waals surface area contributed by atoms with Gasteiger partial charge >= 0.3 is 7.60 Å². The fourth-order valence-corrected chi connectivity index (χ4v) is 6.78. The molecule has 0 aromatic heterocycles. The quantitative estimate of drug-likeness (QED) is 0.225. The van der Waals surface area contributed by atoms with Gasteiger partial charge < -0.3 is 18.7 Å². The van der Waals surface area contributed by atoms with Crippen LogP contribution in [0.15, 0.2) is 109 Å². The van der Waals surface area contributed by atoms with E-state index in [1.54, 1.807) is 7.11 Å². The molecule has 0 fully saturated rings. The number of nitrogens with zero attached hydrogens (tertiary/aromatic N) is 1. The van der Waals surface area contributed by atoms with Crippen molar-refractivity contribution >= 4 is 13.3 Å². The molecule has 0 amide bonds. The first-order valence-electron chi connectivity index (χ1n) is 12.1. The summed E-state index contributed by atoms with van der Waals surface area (Å²) in [5.74, 6) is 0.194. The van der Waals surface area contributed by atoms with E-state index >= 15 is 0 Å². The summed E-state index contributed by atoms with van der Waals surface area (Å²) in [4.78, 5) is 2.15. The number of ether oxygens (including phenoxy) is 1. The third kappa shape index (κ3) is 5.39. The van der Waals surface area contributed by atoms with Gasteiger partial charge in [0.05, 0.1) is 20.3 Å². The van der Waals surface area contributed by atoms with Gasteiger partial charge in [0.1, 0.15) is 5.75 Å². The van der Waals surface area contributed by atoms with Gasteiger partial charge in [0.15, 0.2) is 5.78 Å². The summed E-state index contributed by atoms with van der Waals surface area (Å²) in [7, 11) is -2.05. The standard InChI is InChI=1S/C30H30NO4P/c1-33-28-18-16-27(17-19-28)31-21-20-26-14-8-9-15-29(26)30(31)36(32,34-22-24-10-4-2-5-11-24)35-23-25-12-6-3-7-13-25/h2-19,30H,20-23H2,1H3/t30-/m0/s1. The van der Waals surface area contributed by atoms with Crippen molar-refractivity contribution in [1.29, 1.82) is 0 Å². The van der Waals surface area contributed by atoms with Gasteiger partial charge in [-0.05, 0) is 52.9 Å². The Bertz CT molecular complexity index is 1260. The molecule has 0 radical (unpaired) electrons. The largest absolute Gasteiger partial charge is 0.497 e. The normalized spacial score (nSPS) is 15.4. The maximum Gasteiger partial charge on any atom is 0.358 e. The molecule has 0 N–H and O–H groups in total. The maximum absolute atomic E-state index is 14.9. The molecule has 0 spiro atoms. The number of hydrogen-bond acceptors (Lipinski definition) is 5. The first kappa shape index (κ1) is 24.3. The van der Waals surface area contributed by atoms with Crippen LogP contribution in [-0.4, -0.2) is 13.7 Å². The smallest absolute Gasteiger partial charge is 0.358 e. The lowest BCUT2D eigenvalue weighted by molar-refractivity contribution is 0.182.